The molecule has 0 bridgehead atoms. The Morgan fingerprint density at radius 3 is 2.84 bits per heavy atom. The molecule has 5 heteroatoms. The fourth-order valence-electron chi connectivity index (χ4n) is 2.26. The molecule has 0 spiro atoms. The molecule has 1 saturated carbocycles. The van der Waals surface area contributed by atoms with E-state index in [-0.39, 0.29) is 11.9 Å². The number of hydrogen-bond acceptors (Lipinski definition) is 3. The Morgan fingerprint density at radius 2 is 2.16 bits per heavy atom. The van der Waals surface area contributed by atoms with Crippen molar-refractivity contribution in [2.75, 3.05) is 0 Å². The van der Waals surface area contributed by atoms with Crippen LogP contribution >= 0.6 is 15.9 Å². The normalized spacial score (nSPS) is 23.2. The topological polar surface area (TPSA) is 65.8 Å². The van der Waals surface area contributed by atoms with Crippen LogP contribution in [0.25, 0.3) is 0 Å². The summed E-state index contributed by atoms with van der Waals surface area (Å²) in [6.45, 7) is 0. The molecule has 100 valence electrons. The summed E-state index contributed by atoms with van der Waals surface area (Å²) in [5, 5.41) is 11.7. The zero-order valence-electron chi connectivity index (χ0n) is 10.6. The molecule has 2 unspecified atom stereocenters. The molecule has 2 atom stereocenters. The summed E-state index contributed by atoms with van der Waals surface area (Å²) < 4.78 is 0. The first-order valence-electron chi connectivity index (χ1n) is 6.52. The van der Waals surface area contributed by atoms with Crippen LogP contribution in [0.4, 0.5) is 0 Å². The van der Waals surface area contributed by atoms with E-state index in [0.29, 0.717) is 16.1 Å². The molecule has 1 N–H and O–H groups in total. The molecule has 1 amide bonds. The largest absolute Gasteiger partial charge is 0.347 e. The number of nitrogens with one attached hydrogen (secondary N) is 1. The minimum atomic E-state index is -0.166. The maximum Gasteiger partial charge on any atom is 0.270 e. The monoisotopic (exact) mass is 321 g/mol. The van der Waals surface area contributed by atoms with Crippen molar-refractivity contribution in [2.45, 2.75) is 43.0 Å². The predicted molar refractivity (Wildman–Crippen MR) is 76.0 cm³/mol. The summed E-state index contributed by atoms with van der Waals surface area (Å²) in [6.07, 6.45) is 7.09. The third-order valence-corrected chi connectivity index (χ3v) is 4.47. The van der Waals surface area contributed by atoms with E-state index in [9.17, 15) is 4.79 Å². The van der Waals surface area contributed by atoms with Crippen LogP contribution < -0.4 is 5.32 Å². The summed E-state index contributed by atoms with van der Waals surface area (Å²) in [6, 6.07) is 5.35. The van der Waals surface area contributed by atoms with Crippen LogP contribution in [0.5, 0.6) is 0 Å². The molecule has 0 saturated heterocycles. The Balaban J connectivity index is 2.01. The van der Waals surface area contributed by atoms with E-state index in [2.05, 4.69) is 26.2 Å². The number of pyridine rings is 1. The highest BCUT2D eigenvalue weighted by molar-refractivity contribution is 9.09. The average molecular weight is 322 g/mol. The van der Waals surface area contributed by atoms with Crippen LogP contribution in [0.3, 0.4) is 0 Å². The van der Waals surface area contributed by atoms with Gasteiger partial charge in [-0.15, -0.1) is 0 Å². The quantitative estimate of drug-likeness (QED) is 0.672. The van der Waals surface area contributed by atoms with Gasteiger partial charge < -0.3 is 5.32 Å². The lowest BCUT2D eigenvalue weighted by atomic mass is 10.1. The Labute approximate surface area is 121 Å². The van der Waals surface area contributed by atoms with Crippen molar-refractivity contribution in [1.82, 2.24) is 10.3 Å². The number of halogens is 1. The summed E-state index contributed by atoms with van der Waals surface area (Å²) in [7, 11) is 0. The Bertz CT molecular complexity index is 480. The molecule has 0 aliphatic heterocycles. The van der Waals surface area contributed by atoms with Crippen LogP contribution in [-0.2, 0) is 0 Å². The highest BCUT2D eigenvalue weighted by atomic mass is 79.9. The molecule has 1 fully saturated rings. The summed E-state index contributed by atoms with van der Waals surface area (Å²) in [4.78, 5) is 16.4. The van der Waals surface area contributed by atoms with Gasteiger partial charge in [0.05, 0.1) is 5.56 Å². The van der Waals surface area contributed by atoms with Crippen LogP contribution in [0.15, 0.2) is 18.3 Å². The molecule has 1 aliphatic carbocycles. The maximum atomic E-state index is 12.1. The molecular weight excluding hydrogens is 306 g/mol. The zero-order valence-corrected chi connectivity index (χ0v) is 12.2. The highest BCUT2D eigenvalue weighted by Crippen LogP contribution is 2.23. The van der Waals surface area contributed by atoms with Gasteiger partial charge in [0.1, 0.15) is 11.8 Å². The average Bonchev–Trinajstić information content (AvgIpc) is 2.64. The van der Waals surface area contributed by atoms with E-state index >= 15 is 0 Å². The second kappa shape index (κ2) is 6.67. The molecule has 1 heterocycles. The number of carbonyl (C=O) groups excluding carboxylic acids is 1. The first-order valence-corrected chi connectivity index (χ1v) is 7.43. The van der Waals surface area contributed by atoms with Crippen molar-refractivity contribution < 1.29 is 4.79 Å². The van der Waals surface area contributed by atoms with Crippen molar-refractivity contribution in [3.05, 3.63) is 29.6 Å². The van der Waals surface area contributed by atoms with Crippen molar-refractivity contribution in [3.63, 3.8) is 0 Å². The smallest absolute Gasteiger partial charge is 0.270 e. The number of nitriles is 1. The lowest BCUT2D eigenvalue weighted by molar-refractivity contribution is 0.0930. The number of amides is 1. The van der Waals surface area contributed by atoms with Crippen LogP contribution in [0.2, 0.25) is 0 Å². The van der Waals surface area contributed by atoms with E-state index in [4.69, 9.17) is 5.26 Å². The van der Waals surface area contributed by atoms with Gasteiger partial charge in [-0.1, -0.05) is 35.2 Å². The third kappa shape index (κ3) is 3.77. The van der Waals surface area contributed by atoms with Crippen LogP contribution in [0, 0.1) is 11.3 Å². The lowest BCUT2D eigenvalue weighted by Crippen LogP contribution is -2.40. The maximum absolute atomic E-state index is 12.1. The minimum Gasteiger partial charge on any atom is -0.347 e. The van der Waals surface area contributed by atoms with Gasteiger partial charge in [-0.2, -0.15) is 5.26 Å². The number of rotatable bonds is 2. The minimum absolute atomic E-state index is 0.160. The lowest BCUT2D eigenvalue weighted by Gasteiger charge is -2.21. The molecular formula is C14H16BrN3O. The van der Waals surface area contributed by atoms with Crippen LogP contribution in [0.1, 0.15) is 48.2 Å². The van der Waals surface area contributed by atoms with E-state index in [1.54, 1.807) is 12.1 Å². The Hall–Kier alpha value is -1.41. The fraction of sp³-hybridized carbons (Fsp3) is 0.500. The van der Waals surface area contributed by atoms with Gasteiger partial charge in [0.15, 0.2) is 0 Å². The number of alkyl halides is 1. The molecule has 1 aliphatic rings. The van der Waals surface area contributed by atoms with E-state index in [0.717, 1.165) is 19.3 Å². The van der Waals surface area contributed by atoms with Gasteiger partial charge in [0.2, 0.25) is 0 Å². The molecule has 4 nitrogen and oxygen atoms in total. The molecule has 0 radical (unpaired) electrons. The fourth-order valence-corrected chi connectivity index (χ4v) is 2.98. The molecule has 0 aromatic carbocycles. The first-order chi connectivity index (χ1) is 9.20. The molecule has 1 aromatic rings. The van der Waals surface area contributed by atoms with E-state index < -0.39 is 0 Å². The summed E-state index contributed by atoms with van der Waals surface area (Å²) >= 11 is 3.65. The van der Waals surface area contributed by atoms with E-state index in [1.165, 1.54) is 19.0 Å². The van der Waals surface area contributed by atoms with Crippen molar-refractivity contribution in [2.24, 2.45) is 0 Å². The Morgan fingerprint density at radius 1 is 1.37 bits per heavy atom. The summed E-state index contributed by atoms with van der Waals surface area (Å²) in [5.41, 5.74) is 0.826. The SMILES string of the molecule is N#Cc1ccc(C(=O)NC2CCCCCC2Br)nc1. The van der Waals surface area contributed by atoms with Gasteiger partial charge in [-0.25, -0.2) is 4.98 Å². The van der Waals surface area contributed by atoms with Crippen molar-refractivity contribution in [1.29, 1.82) is 5.26 Å². The van der Waals surface area contributed by atoms with Gasteiger partial charge in [-0.05, 0) is 25.0 Å². The second-order valence-corrected chi connectivity index (χ2v) is 5.95. The van der Waals surface area contributed by atoms with Gasteiger partial charge in [-0.3, -0.25) is 4.79 Å². The highest BCUT2D eigenvalue weighted by Gasteiger charge is 2.23. The van der Waals surface area contributed by atoms with Gasteiger partial charge in [0.25, 0.3) is 5.91 Å². The van der Waals surface area contributed by atoms with Gasteiger partial charge in [0, 0.05) is 17.1 Å². The molecule has 1 aromatic heterocycles. The Kier molecular flexibility index (Phi) is 4.92. The van der Waals surface area contributed by atoms with Crippen molar-refractivity contribution >= 4 is 21.8 Å². The summed E-state index contributed by atoms with van der Waals surface area (Å²) in [5.74, 6) is -0.166. The van der Waals surface area contributed by atoms with Gasteiger partial charge >= 0.3 is 0 Å². The molecule has 2 rings (SSSR count). The molecule has 19 heavy (non-hydrogen) atoms. The first kappa shape index (κ1) is 14.0. The van der Waals surface area contributed by atoms with Crippen LogP contribution in [-0.4, -0.2) is 21.8 Å². The second-order valence-electron chi connectivity index (χ2n) is 4.78. The number of nitrogens with zero attached hydrogens (tertiary/aromatic N) is 2. The van der Waals surface area contributed by atoms with Crippen molar-refractivity contribution in [3.8, 4) is 6.07 Å². The van der Waals surface area contributed by atoms with E-state index in [1.807, 2.05) is 6.07 Å². The standard InChI is InChI=1S/C14H16BrN3O/c15-11-4-2-1-3-5-12(11)18-14(19)13-7-6-10(8-16)9-17-13/h6-7,9,11-12H,1-5H2,(H,18,19). The zero-order chi connectivity index (χ0) is 13.7. The predicted octanol–water partition coefficient (Wildman–Crippen LogP) is 2.78. The third-order valence-electron chi connectivity index (χ3n) is 3.37. The number of aromatic nitrogens is 1. The number of carbonyl (C=O) groups is 1. The number of hydrogen-bond donors (Lipinski definition) is 1.